The molecule has 102 valence electrons. The summed E-state index contributed by atoms with van der Waals surface area (Å²) in [4.78, 5) is 6.42. The molecule has 0 amide bonds. The normalized spacial score (nSPS) is 18.7. The maximum absolute atomic E-state index is 6.00. The number of hydrogen-bond acceptors (Lipinski definition) is 5. The third-order valence-corrected chi connectivity index (χ3v) is 3.62. The number of nitrogens with zero attached hydrogens (tertiary/aromatic N) is 3. The number of nitrogens with two attached hydrogens (primary N) is 1. The maximum Gasteiger partial charge on any atom is 0.226 e. The highest BCUT2D eigenvalue weighted by atomic mass is 16.5. The van der Waals surface area contributed by atoms with Crippen molar-refractivity contribution in [2.75, 3.05) is 20.6 Å². The van der Waals surface area contributed by atoms with Gasteiger partial charge in [0.25, 0.3) is 0 Å². The van der Waals surface area contributed by atoms with Gasteiger partial charge in [0.05, 0.1) is 6.04 Å². The van der Waals surface area contributed by atoms with Crippen LogP contribution in [-0.2, 0) is 6.42 Å². The molecule has 0 aliphatic heterocycles. The van der Waals surface area contributed by atoms with Gasteiger partial charge in [0, 0.05) is 13.0 Å². The van der Waals surface area contributed by atoms with Crippen molar-refractivity contribution in [3.05, 3.63) is 11.7 Å². The van der Waals surface area contributed by atoms with Crippen molar-refractivity contribution in [1.29, 1.82) is 0 Å². The van der Waals surface area contributed by atoms with Crippen molar-refractivity contribution in [1.82, 2.24) is 15.0 Å². The summed E-state index contributed by atoms with van der Waals surface area (Å²) in [5.41, 5.74) is 6.00. The third-order valence-electron chi connectivity index (χ3n) is 3.62. The summed E-state index contributed by atoms with van der Waals surface area (Å²) in [6, 6.07) is -0.163. The maximum atomic E-state index is 6.00. The van der Waals surface area contributed by atoms with Crippen molar-refractivity contribution >= 4 is 0 Å². The summed E-state index contributed by atoms with van der Waals surface area (Å²) >= 11 is 0. The molecule has 0 spiro atoms. The Morgan fingerprint density at radius 2 is 2.11 bits per heavy atom. The summed E-state index contributed by atoms with van der Waals surface area (Å²) in [7, 11) is 3.97. The lowest BCUT2D eigenvalue weighted by Gasteiger charge is -2.12. The molecule has 0 radical (unpaired) electrons. The molecule has 18 heavy (non-hydrogen) atoms. The highest BCUT2D eigenvalue weighted by Crippen LogP contribution is 2.28. The summed E-state index contributed by atoms with van der Waals surface area (Å²) in [6.45, 7) is 0.738. The molecule has 1 unspecified atom stereocenters. The minimum Gasteiger partial charge on any atom is -0.339 e. The molecule has 1 heterocycles. The van der Waals surface area contributed by atoms with Crippen LogP contribution in [0.4, 0.5) is 0 Å². The van der Waals surface area contributed by atoms with E-state index in [0.717, 1.165) is 24.8 Å². The van der Waals surface area contributed by atoms with E-state index in [1.807, 2.05) is 19.0 Å². The summed E-state index contributed by atoms with van der Waals surface area (Å²) < 4.78 is 5.27. The van der Waals surface area contributed by atoms with Crippen molar-refractivity contribution in [3.63, 3.8) is 0 Å². The van der Waals surface area contributed by atoms with Crippen molar-refractivity contribution < 1.29 is 4.52 Å². The van der Waals surface area contributed by atoms with Crippen LogP contribution in [0.3, 0.4) is 0 Å². The average Bonchev–Trinajstić information content (AvgIpc) is 2.97. The van der Waals surface area contributed by atoms with Crippen LogP contribution in [0.1, 0.15) is 49.9 Å². The fourth-order valence-electron chi connectivity index (χ4n) is 2.62. The Morgan fingerprint density at radius 3 is 2.78 bits per heavy atom. The van der Waals surface area contributed by atoms with E-state index in [0.29, 0.717) is 5.82 Å². The van der Waals surface area contributed by atoms with Crippen LogP contribution in [-0.4, -0.2) is 35.7 Å². The molecule has 1 aliphatic rings. The van der Waals surface area contributed by atoms with E-state index in [9.17, 15) is 0 Å². The molecule has 0 bridgehead atoms. The quantitative estimate of drug-likeness (QED) is 0.835. The summed E-state index contributed by atoms with van der Waals surface area (Å²) in [5.74, 6) is 2.23. The van der Waals surface area contributed by atoms with Crippen LogP contribution in [0, 0.1) is 5.92 Å². The molecule has 1 atom stereocenters. The van der Waals surface area contributed by atoms with Gasteiger partial charge in [-0.15, -0.1) is 0 Å². The smallest absolute Gasteiger partial charge is 0.226 e. The van der Waals surface area contributed by atoms with Crippen LogP contribution in [0.5, 0.6) is 0 Å². The van der Waals surface area contributed by atoms with Gasteiger partial charge in [-0.05, 0) is 26.4 Å². The lowest BCUT2D eigenvalue weighted by atomic mass is 10.0. The lowest BCUT2D eigenvalue weighted by Crippen LogP contribution is -2.26. The van der Waals surface area contributed by atoms with Crippen LogP contribution in [0.15, 0.2) is 4.52 Å². The first kappa shape index (κ1) is 13.5. The molecule has 5 nitrogen and oxygen atoms in total. The largest absolute Gasteiger partial charge is 0.339 e. The second kappa shape index (κ2) is 6.29. The molecule has 2 rings (SSSR count). The number of hydrogen-bond donors (Lipinski definition) is 1. The molecule has 1 aromatic rings. The van der Waals surface area contributed by atoms with E-state index in [4.69, 9.17) is 10.3 Å². The molecule has 1 aromatic heterocycles. The van der Waals surface area contributed by atoms with E-state index in [-0.39, 0.29) is 6.04 Å². The molecular formula is C13H24N4O. The van der Waals surface area contributed by atoms with Crippen molar-refractivity contribution in [3.8, 4) is 0 Å². The first-order valence-corrected chi connectivity index (χ1v) is 6.88. The molecule has 5 heteroatoms. The Morgan fingerprint density at radius 1 is 1.39 bits per heavy atom. The van der Waals surface area contributed by atoms with Crippen molar-refractivity contribution in [2.24, 2.45) is 11.7 Å². The predicted octanol–water partition coefficient (Wildman–Crippen LogP) is 1.75. The highest BCUT2D eigenvalue weighted by Gasteiger charge is 2.18. The first-order valence-electron chi connectivity index (χ1n) is 6.88. The van der Waals surface area contributed by atoms with Gasteiger partial charge in [0.1, 0.15) is 0 Å². The minimum atomic E-state index is -0.163. The fraction of sp³-hybridized carbons (Fsp3) is 0.846. The zero-order valence-electron chi connectivity index (χ0n) is 11.4. The molecule has 0 saturated heterocycles. The van der Waals surface area contributed by atoms with Crippen LogP contribution < -0.4 is 5.73 Å². The van der Waals surface area contributed by atoms with Gasteiger partial charge in [-0.1, -0.05) is 30.8 Å². The van der Waals surface area contributed by atoms with Crippen molar-refractivity contribution in [2.45, 2.75) is 44.6 Å². The SMILES string of the molecule is CN(C)CC(N)c1noc(CCC2CCCC2)n1. The summed E-state index contributed by atoms with van der Waals surface area (Å²) in [6.07, 6.45) is 7.56. The van der Waals surface area contributed by atoms with Gasteiger partial charge in [-0.25, -0.2) is 0 Å². The molecule has 1 aliphatic carbocycles. The topological polar surface area (TPSA) is 68.2 Å². The highest BCUT2D eigenvalue weighted by molar-refractivity contribution is 4.94. The first-order chi connectivity index (χ1) is 8.65. The van der Waals surface area contributed by atoms with Gasteiger partial charge in [0.2, 0.25) is 5.89 Å². The van der Waals surface area contributed by atoms with E-state index in [1.165, 1.54) is 32.1 Å². The second-order valence-electron chi connectivity index (χ2n) is 5.60. The van der Waals surface area contributed by atoms with Gasteiger partial charge in [0.15, 0.2) is 5.82 Å². The molecule has 0 aromatic carbocycles. The Balaban J connectivity index is 1.81. The number of aromatic nitrogens is 2. The van der Waals surface area contributed by atoms with E-state index >= 15 is 0 Å². The molecule has 1 fully saturated rings. The fourth-order valence-corrected chi connectivity index (χ4v) is 2.62. The number of likely N-dealkylation sites (N-methyl/N-ethyl adjacent to an activating group) is 1. The van der Waals surface area contributed by atoms with Gasteiger partial charge >= 0.3 is 0 Å². The van der Waals surface area contributed by atoms with Gasteiger partial charge in [-0.2, -0.15) is 4.98 Å². The molecule has 2 N–H and O–H groups in total. The standard InChI is InChI=1S/C13H24N4O/c1-17(2)9-11(14)13-15-12(18-16-13)8-7-10-5-3-4-6-10/h10-11H,3-9,14H2,1-2H3. The number of rotatable bonds is 6. The lowest BCUT2D eigenvalue weighted by molar-refractivity contribution is 0.340. The van der Waals surface area contributed by atoms with Crippen LogP contribution in [0.25, 0.3) is 0 Å². The zero-order valence-corrected chi connectivity index (χ0v) is 11.4. The van der Waals surface area contributed by atoms with Crippen LogP contribution >= 0.6 is 0 Å². The minimum absolute atomic E-state index is 0.163. The second-order valence-corrected chi connectivity index (χ2v) is 5.60. The van der Waals surface area contributed by atoms with Crippen LogP contribution in [0.2, 0.25) is 0 Å². The Bertz CT molecular complexity index is 358. The van der Waals surface area contributed by atoms with Gasteiger partial charge in [-0.3, -0.25) is 0 Å². The molecule has 1 saturated carbocycles. The van der Waals surface area contributed by atoms with Gasteiger partial charge < -0.3 is 15.2 Å². The monoisotopic (exact) mass is 252 g/mol. The predicted molar refractivity (Wildman–Crippen MR) is 70.1 cm³/mol. The van der Waals surface area contributed by atoms with E-state index in [2.05, 4.69) is 10.1 Å². The third kappa shape index (κ3) is 3.78. The zero-order chi connectivity index (χ0) is 13.0. The molecular weight excluding hydrogens is 228 g/mol. The summed E-state index contributed by atoms with van der Waals surface area (Å²) in [5, 5.41) is 3.98. The Hall–Kier alpha value is -0.940. The number of aryl methyl sites for hydroxylation is 1. The Labute approximate surface area is 109 Å². The average molecular weight is 252 g/mol. The Kier molecular flexibility index (Phi) is 4.72. The van der Waals surface area contributed by atoms with E-state index < -0.39 is 0 Å². The van der Waals surface area contributed by atoms with E-state index in [1.54, 1.807) is 0 Å².